The fourth-order valence-corrected chi connectivity index (χ4v) is 7.18. The Balaban J connectivity index is 0.971. The second-order valence-corrected chi connectivity index (χ2v) is 15.5. The molecule has 4 aromatic carbocycles. The average molecular weight is 713 g/mol. The van der Waals surface area contributed by atoms with E-state index < -0.39 is 0 Å². The van der Waals surface area contributed by atoms with Crippen molar-refractivity contribution in [1.29, 1.82) is 0 Å². The van der Waals surface area contributed by atoms with Crippen molar-refractivity contribution in [3.05, 3.63) is 137 Å². The lowest BCUT2D eigenvalue weighted by molar-refractivity contribution is 0.00578. The van der Waals surface area contributed by atoms with E-state index in [2.05, 4.69) is 57.7 Å². The SMILES string of the molecule is Cc1cc(CCC2CCN(c3ccc(-c4ccc(OCc5ccccc5)nc4OCc4ccccc4)cc3F)CC2)ccc1B1OC(C)(C)C(C)(C)O1. The van der Waals surface area contributed by atoms with E-state index in [1.54, 1.807) is 6.07 Å². The van der Waals surface area contributed by atoms with Gasteiger partial charge in [-0.1, -0.05) is 90.5 Å². The van der Waals surface area contributed by atoms with Gasteiger partial charge in [0.25, 0.3) is 0 Å². The van der Waals surface area contributed by atoms with Crippen LogP contribution in [0.3, 0.4) is 0 Å². The van der Waals surface area contributed by atoms with Crippen molar-refractivity contribution in [3.63, 3.8) is 0 Å². The lowest BCUT2D eigenvalue weighted by atomic mass is 9.75. The predicted octanol–water partition coefficient (Wildman–Crippen LogP) is 9.50. The summed E-state index contributed by atoms with van der Waals surface area (Å²) < 4.78 is 40.7. The molecular formula is C45H50BFN2O4. The van der Waals surface area contributed by atoms with E-state index in [1.807, 2.05) is 84.9 Å². The Morgan fingerprint density at radius 1 is 0.755 bits per heavy atom. The van der Waals surface area contributed by atoms with Crippen LogP contribution in [0.15, 0.2) is 109 Å². The molecule has 53 heavy (non-hydrogen) atoms. The Morgan fingerprint density at radius 3 is 2.02 bits per heavy atom. The molecule has 0 aliphatic carbocycles. The summed E-state index contributed by atoms with van der Waals surface area (Å²) in [6.45, 7) is 12.9. The topological polar surface area (TPSA) is 53.1 Å². The third kappa shape index (κ3) is 8.61. The fourth-order valence-electron chi connectivity index (χ4n) is 7.18. The number of halogens is 1. The molecule has 6 nitrogen and oxygen atoms in total. The summed E-state index contributed by atoms with van der Waals surface area (Å²) in [4.78, 5) is 6.90. The first-order chi connectivity index (χ1) is 25.5. The van der Waals surface area contributed by atoms with E-state index in [1.165, 1.54) is 11.1 Å². The molecule has 0 atom stereocenters. The Labute approximate surface area is 314 Å². The summed E-state index contributed by atoms with van der Waals surface area (Å²) in [7, 11) is -0.343. The molecule has 274 valence electrons. The third-order valence-electron chi connectivity index (χ3n) is 11.2. The largest absolute Gasteiger partial charge is 0.495 e. The summed E-state index contributed by atoms with van der Waals surface area (Å²) in [5.74, 6) is 1.23. The first-order valence-corrected chi connectivity index (χ1v) is 18.9. The monoisotopic (exact) mass is 712 g/mol. The van der Waals surface area contributed by atoms with Crippen molar-refractivity contribution in [2.24, 2.45) is 5.92 Å². The molecule has 0 bridgehead atoms. The molecule has 0 spiro atoms. The molecule has 0 saturated carbocycles. The van der Waals surface area contributed by atoms with Gasteiger partial charge >= 0.3 is 7.12 Å². The van der Waals surface area contributed by atoms with Gasteiger partial charge in [0.2, 0.25) is 11.8 Å². The van der Waals surface area contributed by atoms with Crippen LogP contribution in [0, 0.1) is 18.7 Å². The van der Waals surface area contributed by atoms with Crippen molar-refractivity contribution in [3.8, 4) is 22.9 Å². The van der Waals surface area contributed by atoms with E-state index in [0.29, 0.717) is 42.1 Å². The van der Waals surface area contributed by atoms with Crippen molar-refractivity contribution in [2.45, 2.75) is 84.7 Å². The Bertz CT molecular complexity index is 1980. The molecule has 0 unspecified atom stereocenters. The summed E-state index contributed by atoms with van der Waals surface area (Å²) in [5.41, 5.74) is 7.07. The minimum atomic E-state index is -0.355. The van der Waals surface area contributed by atoms with Crippen molar-refractivity contribution >= 4 is 18.3 Å². The van der Waals surface area contributed by atoms with Gasteiger partial charge in [0, 0.05) is 24.7 Å². The summed E-state index contributed by atoms with van der Waals surface area (Å²) in [5, 5.41) is 0. The molecule has 0 N–H and O–H groups in total. The van der Waals surface area contributed by atoms with Gasteiger partial charge in [-0.2, -0.15) is 4.98 Å². The normalized spacial score (nSPS) is 16.9. The minimum absolute atomic E-state index is 0.239. The average Bonchev–Trinajstić information content (AvgIpc) is 3.38. The van der Waals surface area contributed by atoms with Gasteiger partial charge in [-0.25, -0.2) is 4.39 Å². The van der Waals surface area contributed by atoms with Crippen molar-refractivity contribution < 1.29 is 23.2 Å². The maximum atomic E-state index is 15.9. The van der Waals surface area contributed by atoms with Crippen LogP contribution in [0.5, 0.6) is 11.8 Å². The highest BCUT2D eigenvalue weighted by Crippen LogP contribution is 2.38. The van der Waals surface area contributed by atoms with Gasteiger partial charge in [-0.15, -0.1) is 0 Å². The lowest BCUT2D eigenvalue weighted by Gasteiger charge is -2.34. The number of nitrogens with zero attached hydrogens (tertiary/aromatic N) is 2. The molecule has 0 radical (unpaired) electrons. The zero-order valence-corrected chi connectivity index (χ0v) is 31.6. The lowest BCUT2D eigenvalue weighted by Crippen LogP contribution is -2.41. The van der Waals surface area contributed by atoms with Crippen LogP contribution >= 0.6 is 0 Å². The number of rotatable bonds is 12. The van der Waals surface area contributed by atoms with E-state index >= 15 is 4.39 Å². The number of aromatic nitrogens is 1. The Kier molecular flexibility index (Phi) is 10.9. The molecule has 2 aliphatic heterocycles. The second kappa shape index (κ2) is 15.8. The third-order valence-corrected chi connectivity index (χ3v) is 11.2. The second-order valence-electron chi connectivity index (χ2n) is 15.5. The smallest absolute Gasteiger partial charge is 0.473 e. The molecule has 8 heteroatoms. The molecule has 3 heterocycles. The fraction of sp³-hybridized carbons (Fsp3) is 0.356. The highest BCUT2D eigenvalue weighted by Gasteiger charge is 2.52. The molecule has 2 aliphatic rings. The molecule has 0 amide bonds. The molecule has 7 rings (SSSR count). The molecular weight excluding hydrogens is 662 g/mol. The van der Waals surface area contributed by atoms with Crippen LogP contribution in [-0.2, 0) is 28.9 Å². The van der Waals surface area contributed by atoms with Crippen LogP contribution in [-0.4, -0.2) is 36.4 Å². The van der Waals surface area contributed by atoms with E-state index in [9.17, 15) is 0 Å². The first kappa shape index (κ1) is 36.7. The Morgan fingerprint density at radius 2 is 1.40 bits per heavy atom. The first-order valence-electron chi connectivity index (χ1n) is 18.9. The van der Waals surface area contributed by atoms with Gasteiger partial charge < -0.3 is 23.7 Å². The molecule has 5 aromatic rings. The van der Waals surface area contributed by atoms with Gasteiger partial charge in [-0.05, 0) is 112 Å². The summed E-state index contributed by atoms with van der Waals surface area (Å²) in [6.07, 6.45) is 4.22. The Hall–Kier alpha value is -4.66. The summed E-state index contributed by atoms with van der Waals surface area (Å²) >= 11 is 0. The van der Waals surface area contributed by atoms with Gasteiger partial charge in [0.05, 0.1) is 16.9 Å². The zero-order chi connectivity index (χ0) is 37.0. The van der Waals surface area contributed by atoms with Crippen LogP contribution in [0.25, 0.3) is 11.1 Å². The van der Waals surface area contributed by atoms with E-state index in [4.69, 9.17) is 23.8 Å². The number of ether oxygens (including phenoxy) is 2. The highest BCUT2D eigenvalue weighted by atomic mass is 19.1. The predicted molar refractivity (Wildman–Crippen MR) is 211 cm³/mol. The number of aryl methyl sites for hydroxylation is 2. The van der Waals surface area contributed by atoms with Crippen LogP contribution < -0.4 is 19.8 Å². The maximum absolute atomic E-state index is 15.9. The number of anilines is 1. The number of hydrogen-bond acceptors (Lipinski definition) is 6. The number of benzene rings is 4. The summed E-state index contributed by atoms with van der Waals surface area (Å²) in [6, 6.07) is 35.8. The molecule has 1 aromatic heterocycles. The van der Waals surface area contributed by atoms with Gasteiger partial charge in [0.15, 0.2) is 0 Å². The highest BCUT2D eigenvalue weighted by molar-refractivity contribution is 6.62. The van der Waals surface area contributed by atoms with E-state index in [-0.39, 0.29) is 24.1 Å². The van der Waals surface area contributed by atoms with Crippen LogP contribution in [0.2, 0.25) is 0 Å². The minimum Gasteiger partial charge on any atom is -0.473 e. The maximum Gasteiger partial charge on any atom is 0.495 e. The molecule has 2 saturated heterocycles. The quantitative estimate of drug-likeness (QED) is 0.120. The number of hydrogen-bond donors (Lipinski definition) is 0. The number of pyridine rings is 1. The molecule has 2 fully saturated rings. The van der Waals surface area contributed by atoms with Crippen molar-refractivity contribution in [1.82, 2.24) is 4.98 Å². The van der Waals surface area contributed by atoms with Gasteiger partial charge in [0.1, 0.15) is 19.0 Å². The van der Waals surface area contributed by atoms with Crippen LogP contribution in [0.4, 0.5) is 10.1 Å². The van der Waals surface area contributed by atoms with Crippen molar-refractivity contribution in [2.75, 3.05) is 18.0 Å². The van der Waals surface area contributed by atoms with Gasteiger partial charge in [-0.3, -0.25) is 0 Å². The number of piperidine rings is 1. The zero-order valence-electron chi connectivity index (χ0n) is 31.6. The van der Waals surface area contributed by atoms with E-state index in [0.717, 1.165) is 60.9 Å². The standard InChI is InChI=1S/C45H50BFN2O4/c1-32-28-34(18-21-39(32)46-52-44(2,3)45(4,5)53-46)17-16-33-24-26-49(27-25-33)41-22-19-37(29-40(41)47)38-20-23-42(50-30-35-12-8-6-9-13-35)48-43(38)51-31-36-14-10-7-11-15-36/h6-15,18-23,28-29,33H,16-17,24-27,30-31H2,1-5H3. The van der Waals surface area contributed by atoms with Crippen LogP contribution in [0.1, 0.15) is 69.2 Å².